The molecule has 0 unspecified atom stereocenters. The summed E-state index contributed by atoms with van der Waals surface area (Å²) < 4.78 is 0. The highest BCUT2D eigenvalue weighted by molar-refractivity contribution is 8.26. The van der Waals surface area contributed by atoms with E-state index in [2.05, 4.69) is 0 Å². The van der Waals surface area contributed by atoms with Crippen LogP contribution in [0.2, 0.25) is 0 Å². The first kappa shape index (κ1) is 8.69. The molecule has 0 aliphatic rings. The molecule has 0 aliphatic heterocycles. The number of carbonyl (C=O) groups is 2. The fraction of sp³-hybridized carbons (Fsp3) is 0.667. The first-order chi connectivity index (χ1) is 4.20. The number of hydrogen-bond donors (Lipinski definition) is 0. The van der Waals surface area contributed by atoms with E-state index in [1.807, 2.05) is 0 Å². The number of thioether (sulfide) groups is 1. The van der Waals surface area contributed by atoms with Gasteiger partial charge in [-0.3, -0.25) is 9.59 Å². The molecule has 3 heteroatoms. The van der Waals surface area contributed by atoms with Gasteiger partial charge in [-0.2, -0.15) is 0 Å². The minimum absolute atomic E-state index is 0.0400. The molecule has 0 spiro atoms. The molecule has 2 nitrogen and oxygen atoms in total. The molecule has 0 aliphatic carbocycles. The second kappa shape index (κ2) is 4.56. The predicted octanol–water partition coefficient (Wildman–Crippen LogP) is 1.59. The summed E-state index contributed by atoms with van der Waals surface area (Å²) >= 11 is 0.822. The maximum Gasteiger partial charge on any atom is 0.196 e. The normalized spacial score (nSPS) is 9.11. The quantitative estimate of drug-likeness (QED) is 0.593. The smallest absolute Gasteiger partial charge is 0.196 e. The summed E-state index contributed by atoms with van der Waals surface area (Å²) in [6, 6.07) is 0. The lowest BCUT2D eigenvalue weighted by atomic mass is 10.5. The van der Waals surface area contributed by atoms with Crippen LogP contribution in [0.1, 0.15) is 26.7 Å². The highest BCUT2D eigenvalue weighted by Gasteiger charge is 2.04. The van der Waals surface area contributed by atoms with E-state index in [0.717, 1.165) is 11.8 Å². The van der Waals surface area contributed by atoms with Crippen molar-refractivity contribution in [2.24, 2.45) is 0 Å². The maximum atomic E-state index is 10.5. The molecule has 0 atom stereocenters. The fourth-order valence-electron chi connectivity index (χ4n) is 0.271. The maximum absolute atomic E-state index is 10.5. The average Bonchev–Trinajstić information content (AvgIpc) is 1.87. The van der Waals surface area contributed by atoms with Gasteiger partial charge in [0.15, 0.2) is 10.2 Å². The van der Waals surface area contributed by atoms with Crippen molar-refractivity contribution in [2.45, 2.75) is 26.7 Å². The molecule has 0 saturated heterocycles. The van der Waals surface area contributed by atoms with Crippen LogP contribution in [0.25, 0.3) is 0 Å². The molecule has 0 aromatic heterocycles. The lowest BCUT2D eigenvalue weighted by Gasteiger charge is -1.90. The van der Waals surface area contributed by atoms with E-state index in [1.54, 1.807) is 13.8 Å². The van der Waals surface area contributed by atoms with Crippen molar-refractivity contribution in [3.63, 3.8) is 0 Å². The lowest BCUT2D eigenvalue weighted by molar-refractivity contribution is -0.112. The van der Waals surface area contributed by atoms with Crippen molar-refractivity contribution in [1.82, 2.24) is 0 Å². The molecule has 0 fully saturated rings. The molecule has 0 N–H and O–H groups in total. The molecule has 0 radical (unpaired) electrons. The zero-order valence-electron chi connectivity index (χ0n) is 5.64. The van der Waals surface area contributed by atoms with Gasteiger partial charge in [-0.25, -0.2) is 0 Å². The van der Waals surface area contributed by atoms with E-state index >= 15 is 0 Å². The zero-order chi connectivity index (χ0) is 7.28. The van der Waals surface area contributed by atoms with E-state index in [1.165, 1.54) is 0 Å². The number of rotatable bonds is 2. The van der Waals surface area contributed by atoms with E-state index in [-0.39, 0.29) is 10.2 Å². The first-order valence-electron chi connectivity index (χ1n) is 2.94. The molecular weight excluding hydrogens is 136 g/mol. The molecule has 0 bridgehead atoms. The second-order valence-corrected chi connectivity index (χ2v) is 2.67. The fourth-order valence-corrected chi connectivity index (χ4v) is 0.814. The van der Waals surface area contributed by atoms with Gasteiger partial charge in [0.1, 0.15) is 0 Å². The van der Waals surface area contributed by atoms with E-state index in [4.69, 9.17) is 0 Å². The number of carbonyl (C=O) groups excluding carboxylic acids is 2. The van der Waals surface area contributed by atoms with E-state index < -0.39 is 0 Å². The highest BCUT2D eigenvalue weighted by atomic mass is 32.2. The summed E-state index contributed by atoms with van der Waals surface area (Å²) in [6.45, 7) is 3.50. The monoisotopic (exact) mass is 146 g/mol. The Labute approximate surface area is 59.0 Å². The Morgan fingerprint density at radius 1 is 1.11 bits per heavy atom. The average molecular weight is 146 g/mol. The van der Waals surface area contributed by atoms with Gasteiger partial charge >= 0.3 is 0 Å². The lowest BCUT2D eigenvalue weighted by Crippen LogP contribution is -1.95. The van der Waals surface area contributed by atoms with Crippen LogP contribution >= 0.6 is 11.8 Å². The predicted molar refractivity (Wildman–Crippen MR) is 38.2 cm³/mol. The van der Waals surface area contributed by atoms with Gasteiger partial charge in [0.05, 0.1) is 0 Å². The summed E-state index contributed by atoms with van der Waals surface area (Å²) in [6.07, 6.45) is 0.882. The van der Waals surface area contributed by atoms with Crippen LogP contribution in [-0.4, -0.2) is 10.2 Å². The van der Waals surface area contributed by atoms with Gasteiger partial charge < -0.3 is 0 Å². The van der Waals surface area contributed by atoms with E-state index in [9.17, 15) is 9.59 Å². The minimum atomic E-state index is -0.0400. The Balaban J connectivity index is 3.47. The summed E-state index contributed by atoms with van der Waals surface area (Å²) in [5, 5.41) is -0.0799. The molecular formula is C6H10O2S. The summed E-state index contributed by atoms with van der Waals surface area (Å²) in [7, 11) is 0. The molecule has 0 aromatic rings. The molecule has 9 heavy (non-hydrogen) atoms. The van der Waals surface area contributed by atoms with Crippen molar-refractivity contribution in [3.05, 3.63) is 0 Å². The van der Waals surface area contributed by atoms with Crippen LogP contribution in [0.3, 0.4) is 0 Å². The van der Waals surface area contributed by atoms with Gasteiger partial charge in [-0.05, 0) is 11.8 Å². The highest BCUT2D eigenvalue weighted by Crippen LogP contribution is 2.07. The second-order valence-electron chi connectivity index (χ2n) is 1.55. The molecule has 0 amide bonds. The van der Waals surface area contributed by atoms with Crippen LogP contribution in [0.5, 0.6) is 0 Å². The van der Waals surface area contributed by atoms with Crippen LogP contribution in [0, 0.1) is 0 Å². The Bertz CT molecular complexity index is 106. The van der Waals surface area contributed by atoms with Crippen molar-refractivity contribution < 1.29 is 9.59 Å². The summed E-state index contributed by atoms with van der Waals surface area (Å²) in [5.41, 5.74) is 0. The van der Waals surface area contributed by atoms with Crippen molar-refractivity contribution in [3.8, 4) is 0 Å². The van der Waals surface area contributed by atoms with Crippen molar-refractivity contribution >= 4 is 22.0 Å². The third kappa shape index (κ3) is 4.21. The van der Waals surface area contributed by atoms with E-state index in [0.29, 0.717) is 12.8 Å². The Morgan fingerprint density at radius 2 is 1.44 bits per heavy atom. The molecule has 0 rings (SSSR count). The molecule has 0 aromatic carbocycles. The number of hydrogen-bond acceptors (Lipinski definition) is 3. The van der Waals surface area contributed by atoms with Gasteiger partial charge in [-0.1, -0.05) is 13.8 Å². The Hall–Kier alpha value is -0.310. The summed E-state index contributed by atoms with van der Waals surface area (Å²) in [5.74, 6) is 0. The van der Waals surface area contributed by atoms with Gasteiger partial charge in [0, 0.05) is 12.8 Å². The summed E-state index contributed by atoms with van der Waals surface area (Å²) in [4.78, 5) is 21.0. The van der Waals surface area contributed by atoms with Crippen molar-refractivity contribution in [2.75, 3.05) is 0 Å². The molecule has 0 saturated carbocycles. The Morgan fingerprint density at radius 3 is 1.67 bits per heavy atom. The van der Waals surface area contributed by atoms with Crippen LogP contribution in [0.4, 0.5) is 0 Å². The third-order valence-electron chi connectivity index (χ3n) is 0.805. The van der Waals surface area contributed by atoms with Crippen LogP contribution in [-0.2, 0) is 9.59 Å². The standard InChI is InChI=1S/C6H10O2S/c1-3-5(7)9-6(8)4-2/h3-4H2,1-2H3. The van der Waals surface area contributed by atoms with Gasteiger partial charge in [0.2, 0.25) is 0 Å². The molecule has 52 valence electrons. The SMILES string of the molecule is CCC(=O)SC(=O)CC. The minimum Gasteiger partial charge on any atom is -0.287 e. The topological polar surface area (TPSA) is 34.1 Å². The first-order valence-corrected chi connectivity index (χ1v) is 3.75. The largest absolute Gasteiger partial charge is 0.287 e. The zero-order valence-corrected chi connectivity index (χ0v) is 6.46. The van der Waals surface area contributed by atoms with Crippen molar-refractivity contribution in [1.29, 1.82) is 0 Å². The third-order valence-corrected chi connectivity index (χ3v) is 1.84. The van der Waals surface area contributed by atoms with Gasteiger partial charge in [0.25, 0.3) is 0 Å². The van der Waals surface area contributed by atoms with Gasteiger partial charge in [-0.15, -0.1) is 0 Å². The van der Waals surface area contributed by atoms with Crippen LogP contribution in [0.15, 0.2) is 0 Å². The molecule has 0 heterocycles. The van der Waals surface area contributed by atoms with Crippen LogP contribution < -0.4 is 0 Å². The Kier molecular flexibility index (Phi) is 4.40.